The molecule has 0 saturated heterocycles. The summed E-state index contributed by atoms with van der Waals surface area (Å²) < 4.78 is 27.4. The number of hydrogen-bond acceptors (Lipinski definition) is 5. The molecule has 0 fully saturated rings. The number of aryl methyl sites for hydroxylation is 2. The number of carboxylic acid groups (broad SMARTS) is 1. The lowest BCUT2D eigenvalue weighted by molar-refractivity contribution is -0.141. The van der Waals surface area contributed by atoms with Crippen molar-refractivity contribution in [1.82, 2.24) is 19.2 Å². The molecule has 1 atom stereocenters. The maximum absolute atomic E-state index is 12.3. The number of aromatic nitrogens is 2. The number of imidazole rings is 1. The number of nitrogens with zero attached hydrogens (tertiary/aromatic N) is 3. The molecule has 1 amide bonds. The third kappa shape index (κ3) is 4.45. The Balaban J connectivity index is 2.19. The van der Waals surface area contributed by atoms with Crippen LogP contribution in [0.1, 0.15) is 25.6 Å². The second-order valence-electron chi connectivity index (χ2n) is 6.39. The molecule has 9 nitrogen and oxygen atoms in total. The van der Waals surface area contributed by atoms with Crippen molar-refractivity contribution in [3.8, 4) is 0 Å². The summed E-state index contributed by atoms with van der Waals surface area (Å²) in [4.78, 5) is 27.6. The molecule has 0 spiro atoms. The Bertz CT molecular complexity index is 965. The molecule has 2 rings (SSSR count). The third-order valence-corrected chi connectivity index (χ3v) is 6.15. The molecule has 0 bridgehead atoms. The molecule has 1 heterocycles. The zero-order chi connectivity index (χ0) is 20.4. The molecule has 1 unspecified atom stereocenters. The van der Waals surface area contributed by atoms with Gasteiger partial charge in [0.15, 0.2) is 0 Å². The molecule has 27 heavy (non-hydrogen) atoms. The summed E-state index contributed by atoms with van der Waals surface area (Å²) in [7, 11) is 1.15. The number of carbonyl (C=O) groups is 2. The molecule has 0 aliphatic carbocycles. The van der Waals surface area contributed by atoms with Gasteiger partial charge in [-0.1, -0.05) is 6.92 Å². The van der Waals surface area contributed by atoms with E-state index in [0.717, 1.165) is 9.82 Å². The summed E-state index contributed by atoms with van der Waals surface area (Å²) in [6, 6.07) is 3.80. The molecular weight excluding hydrogens is 372 g/mol. The number of aliphatic carboxylic acids is 1. The van der Waals surface area contributed by atoms with E-state index in [0.29, 0.717) is 24.2 Å². The van der Waals surface area contributed by atoms with Gasteiger partial charge in [-0.15, -0.1) is 0 Å². The van der Waals surface area contributed by atoms with E-state index in [2.05, 4.69) is 10.3 Å². The highest BCUT2D eigenvalue weighted by Gasteiger charge is 2.20. The van der Waals surface area contributed by atoms with Crippen LogP contribution in [0, 0.1) is 0 Å². The van der Waals surface area contributed by atoms with Gasteiger partial charge < -0.3 is 15.0 Å². The van der Waals surface area contributed by atoms with Crippen LogP contribution in [0.2, 0.25) is 0 Å². The van der Waals surface area contributed by atoms with Crippen molar-refractivity contribution in [3.05, 3.63) is 24.0 Å². The number of carboxylic acids is 1. The lowest BCUT2D eigenvalue weighted by Gasteiger charge is -2.12. The molecule has 2 N–H and O–H groups in total. The Labute approximate surface area is 158 Å². The molecule has 10 heteroatoms. The van der Waals surface area contributed by atoms with E-state index in [1.165, 1.54) is 26.2 Å². The first kappa shape index (κ1) is 20.8. The van der Waals surface area contributed by atoms with Gasteiger partial charge in [0.1, 0.15) is 11.9 Å². The Hall–Kier alpha value is -2.46. The number of fused-ring (bicyclic) bond motifs is 1. The molecule has 1 aromatic heterocycles. The van der Waals surface area contributed by atoms with E-state index in [4.69, 9.17) is 5.11 Å². The van der Waals surface area contributed by atoms with Crippen molar-refractivity contribution in [2.75, 3.05) is 14.1 Å². The average Bonchev–Trinajstić information content (AvgIpc) is 2.92. The minimum absolute atomic E-state index is 0.0871. The predicted octanol–water partition coefficient (Wildman–Crippen LogP) is 0.736. The first-order valence-electron chi connectivity index (χ1n) is 8.48. The van der Waals surface area contributed by atoms with Crippen LogP contribution in [0.4, 0.5) is 0 Å². The SMILES string of the molecule is CCC(NC(=O)CCc1nc2cc(S(=O)(=O)N(C)C)ccc2n1C)C(=O)O. The van der Waals surface area contributed by atoms with E-state index < -0.39 is 22.0 Å². The summed E-state index contributed by atoms with van der Waals surface area (Å²) in [6.45, 7) is 1.68. The lowest BCUT2D eigenvalue weighted by atomic mass is 10.2. The van der Waals surface area contributed by atoms with Gasteiger partial charge in [0.25, 0.3) is 0 Å². The second kappa shape index (κ2) is 8.05. The largest absolute Gasteiger partial charge is 0.480 e. The maximum Gasteiger partial charge on any atom is 0.326 e. The first-order valence-corrected chi connectivity index (χ1v) is 9.92. The van der Waals surface area contributed by atoms with E-state index in [1.807, 2.05) is 0 Å². The summed E-state index contributed by atoms with van der Waals surface area (Å²) >= 11 is 0. The van der Waals surface area contributed by atoms with Crippen LogP contribution in [-0.2, 0) is 33.1 Å². The van der Waals surface area contributed by atoms with E-state index in [-0.39, 0.29) is 17.2 Å². The minimum Gasteiger partial charge on any atom is -0.480 e. The van der Waals surface area contributed by atoms with Crippen LogP contribution in [0.25, 0.3) is 11.0 Å². The molecule has 0 radical (unpaired) electrons. The Morgan fingerprint density at radius 3 is 2.56 bits per heavy atom. The van der Waals surface area contributed by atoms with E-state index in [9.17, 15) is 18.0 Å². The second-order valence-corrected chi connectivity index (χ2v) is 8.54. The Morgan fingerprint density at radius 1 is 1.33 bits per heavy atom. The molecule has 148 valence electrons. The maximum atomic E-state index is 12.3. The molecule has 1 aromatic carbocycles. The quantitative estimate of drug-likeness (QED) is 0.679. The number of carbonyl (C=O) groups excluding carboxylic acids is 1. The molecule has 0 aliphatic rings. The van der Waals surface area contributed by atoms with Crippen LogP contribution < -0.4 is 5.32 Å². The summed E-state index contributed by atoms with van der Waals surface area (Å²) in [5.74, 6) is -0.821. The molecule has 0 saturated carbocycles. The molecule has 0 aliphatic heterocycles. The molecule has 2 aromatic rings. The fourth-order valence-corrected chi connectivity index (χ4v) is 3.58. The summed E-state index contributed by atoms with van der Waals surface area (Å²) in [5, 5.41) is 11.5. The van der Waals surface area contributed by atoms with E-state index in [1.54, 1.807) is 24.6 Å². The average molecular weight is 396 g/mol. The van der Waals surface area contributed by atoms with Gasteiger partial charge in [-0.3, -0.25) is 4.79 Å². The van der Waals surface area contributed by atoms with Crippen LogP contribution >= 0.6 is 0 Å². The van der Waals surface area contributed by atoms with Crippen molar-refractivity contribution in [2.24, 2.45) is 7.05 Å². The van der Waals surface area contributed by atoms with Crippen LogP contribution in [0.5, 0.6) is 0 Å². The lowest BCUT2D eigenvalue weighted by Crippen LogP contribution is -2.40. The highest BCUT2D eigenvalue weighted by atomic mass is 32.2. The van der Waals surface area contributed by atoms with Gasteiger partial charge in [0.2, 0.25) is 15.9 Å². The van der Waals surface area contributed by atoms with E-state index >= 15 is 0 Å². The smallest absolute Gasteiger partial charge is 0.326 e. The molecular formula is C17H24N4O5S. The van der Waals surface area contributed by atoms with Gasteiger partial charge in [-0.2, -0.15) is 0 Å². The number of nitrogens with one attached hydrogen (secondary N) is 1. The Kier molecular flexibility index (Phi) is 6.22. The van der Waals surface area contributed by atoms with Gasteiger partial charge in [0, 0.05) is 34.0 Å². The van der Waals surface area contributed by atoms with Gasteiger partial charge in [-0.05, 0) is 24.6 Å². The zero-order valence-electron chi connectivity index (χ0n) is 15.8. The monoisotopic (exact) mass is 396 g/mol. The van der Waals surface area contributed by atoms with Gasteiger partial charge >= 0.3 is 5.97 Å². The topological polar surface area (TPSA) is 122 Å². The van der Waals surface area contributed by atoms with Crippen molar-refractivity contribution in [3.63, 3.8) is 0 Å². The van der Waals surface area contributed by atoms with Gasteiger partial charge in [0.05, 0.1) is 15.9 Å². The fraction of sp³-hybridized carbons (Fsp3) is 0.471. The third-order valence-electron chi connectivity index (χ3n) is 4.34. The highest BCUT2D eigenvalue weighted by molar-refractivity contribution is 7.89. The summed E-state index contributed by atoms with van der Waals surface area (Å²) in [5.41, 5.74) is 1.27. The van der Waals surface area contributed by atoms with Crippen molar-refractivity contribution in [1.29, 1.82) is 0 Å². The minimum atomic E-state index is -3.56. The predicted molar refractivity (Wildman–Crippen MR) is 99.8 cm³/mol. The number of sulfonamides is 1. The Morgan fingerprint density at radius 2 is 2.00 bits per heavy atom. The van der Waals surface area contributed by atoms with Crippen molar-refractivity contribution < 1.29 is 23.1 Å². The fourth-order valence-electron chi connectivity index (χ4n) is 2.65. The number of hydrogen-bond donors (Lipinski definition) is 2. The number of rotatable bonds is 8. The standard InChI is InChI=1S/C17H24N4O5S/c1-5-12(17(23)24)19-16(22)9-8-15-18-13-10-11(27(25,26)20(2)3)6-7-14(13)21(15)4/h6-7,10,12H,5,8-9H2,1-4H3,(H,19,22)(H,23,24). The van der Waals surface area contributed by atoms with Crippen molar-refractivity contribution in [2.45, 2.75) is 37.1 Å². The first-order chi connectivity index (χ1) is 12.6. The highest BCUT2D eigenvalue weighted by Crippen LogP contribution is 2.21. The van der Waals surface area contributed by atoms with Crippen LogP contribution in [0.15, 0.2) is 23.1 Å². The normalized spacial score (nSPS) is 13.1. The number of amides is 1. The van der Waals surface area contributed by atoms with Gasteiger partial charge in [-0.25, -0.2) is 22.5 Å². The zero-order valence-corrected chi connectivity index (χ0v) is 16.6. The number of benzene rings is 1. The summed E-state index contributed by atoms with van der Waals surface area (Å²) in [6.07, 6.45) is 0.698. The van der Waals surface area contributed by atoms with Crippen LogP contribution in [0.3, 0.4) is 0 Å². The van der Waals surface area contributed by atoms with Crippen LogP contribution in [-0.4, -0.2) is 59.4 Å². The van der Waals surface area contributed by atoms with Crippen molar-refractivity contribution >= 4 is 32.9 Å².